The Bertz CT molecular complexity index is 738. The molecule has 160 valence electrons. The van der Waals surface area contributed by atoms with Crippen LogP contribution in [0.1, 0.15) is 50.5 Å². The maximum absolute atomic E-state index is 13.9. The number of alkyl halides is 2. The van der Waals surface area contributed by atoms with E-state index in [1.54, 1.807) is 30.3 Å². The van der Waals surface area contributed by atoms with Crippen LogP contribution in [0.5, 0.6) is 0 Å². The number of carbonyl (C=O) groups excluding carboxylic acids is 1. The van der Waals surface area contributed by atoms with E-state index in [2.05, 4.69) is 14.1 Å². The van der Waals surface area contributed by atoms with Gasteiger partial charge in [-0.3, -0.25) is 0 Å². The largest absolute Gasteiger partial charge is 0.463 e. The Kier molecular flexibility index (Phi) is 5.23. The molecule has 2 bridgehead atoms. The van der Waals surface area contributed by atoms with Crippen molar-refractivity contribution in [3.05, 3.63) is 35.9 Å². The summed E-state index contributed by atoms with van der Waals surface area (Å²) in [6.07, 6.45) is 3.71. The van der Waals surface area contributed by atoms with E-state index in [0.717, 1.165) is 17.3 Å². The maximum atomic E-state index is 13.9. The number of quaternary nitrogens is 1. The van der Waals surface area contributed by atoms with Gasteiger partial charge in [0.25, 0.3) is 0 Å². The Morgan fingerprint density at radius 1 is 1.17 bits per heavy atom. The fourth-order valence-corrected chi connectivity index (χ4v) is 5.95. The van der Waals surface area contributed by atoms with E-state index in [4.69, 9.17) is 4.74 Å². The van der Waals surface area contributed by atoms with E-state index in [-0.39, 0.29) is 25.4 Å². The first kappa shape index (κ1) is 20.7. The lowest BCUT2D eigenvalue weighted by Crippen LogP contribution is -2.55. The third kappa shape index (κ3) is 3.70. The van der Waals surface area contributed by atoms with Crippen LogP contribution in [-0.4, -0.2) is 54.3 Å². The predicted molar refractivity (Wildman–Crippen MR) is 105 cm³/mol. The number of carbonyl (C=O) groups is 1. The van der Waals surface area contributed by atoms with Crippen LogP contribution in [-0.2, 0) is 15.1 Å². The molecule has 1 aliphatic carbocycles. The number of nitrogens with zero attached hydrogens (tertiary/aromatic N) is 1. The minimum absolute atomic E-state index is 0.104. The summed E-state index contributed by atoms with van der Waals surface area (Å²) in [4.78, 5) is 13.1. The van der Waals surface area contributed by atoms with E-state index in [0.29, 0.717) is 17.6 Å². The van der Waals surface area contributed by atoms with Crippen LogP contribution in [0.3, 0.4) is 0 Å². The first-order chi connectivity index (χ1) is 13.6. The highest BCUT2D eigenvalue weighted by molar-refractivity contribution is 5.81. The van der Waals surface area contributed by atoms with Crippen LogP contribution in [0, 0.1) is 11.8 Å². The molecule has 2 heterocycles. The highest BCUT2D eigenvalue weighted by Crippen LogP contribution is 2.48. The number of hydrogen-bond acceptors (Lipinski definition) is 3. The molecule has 1 aromatic rings. The second-order valence-electron chi connectivity index (χ2n) is 9.88. The molecule has 0 radical (unpaired) electrons. The molecule has 1 aromatic carbocycles. The molecule has 0 aromatic heterocycles. The van der Waals surface area contributed by atoms with Gasteiger partial charge in [-0.05, 0) is 12.0 Å². The summed E-state index contributed by atoms with van der Waals surface area (Å²) in [5, 5.41) is 11.4. The minimum Gasteiger partial charge on any atom is -0.463 e. The SMILES string of the molecule is C[N+]1(C)C2CCC1CC(COC(=O)[C@](O)(c1ccccc1)[C@@H]1CCC(F)(F)C1)C2. The summed E-state index contributed by atoms with van der Waals surface area (Å²) in [5.74, 6) is -4.20. The monoisotopic (exact) mass is 408 g/mol. The molecule has 3 aliphatic rings. The lowest BCUT2D eigenvalue weighted by molar-refractivity contribution is -0.931. The number of esters is 1. The zero-order valence-electron chi connectivity index (χ0n) is 17.3. The quantitative estimate of drug-likeness (QED) is 0.594. The van der Waals surface area contributed by atoms with Gasteiger partial charge in [0, 0.05) is 50.4 Å². The van der Waals surface area contributed by atoms with E-state index >= 15 is 0 Å². The molecule has 4 rings (SSSR count). The molecule has 4 atom stereocenters. The molecule has 0 spiro atoms. The molecule has 2 saturated heterocycles. The number of ether oxygens (including phenoxy) is 1. The molecule has 6 heteroatoms. The Morgan fingerprint density at radius 2 is 1.79 bits per heavy atom. The van der Waals surface area contributed by atoms with Crippen LogP contribution in [0.25, 0.3) is 0 Å². The number of piperidine rings is 1. The first-order valence-electron chi connectivity index (χ1n) is 10.8. The molecule has 4 nitrogen and oxygen atoms in total. The number of benzene rings is 1. The topological polar surface area (TPSA) is 46.5 Å². The Hall–Kier alpha value is -1.53. The van der Waals surface area contributed by atoms with Crippen molar-refractivity contribution in [3.63, 3.8) is 0 Å². The average Bonchev–Trinajstić information content (AvgIpc) is 3.08. The van der Waals surface area contributed by atoms with Crippen LogP contribution >= 0.6 is 0 Å². The standard InChI is InChI=1S/C23H32F2NO3/c1-26(2)19-8-9-20(26)13-16(12-19)15-29-21(27)23(28,17-6-4-3-5-7-17)18-10-11-22(24,25)14-18/h3-7,16,18-20,28H,8-15H2,1-2H3/q+1/t16?,18-,19?,20?,23+/m1/s1. The van der Waals surface area contributed by atoms with Crippen molar-refractivity contribution >= 4 is 5.97 Å². The molecular weight excluding hydrogens is 376 g/mol. The van der Waals surface area contributed by atoms with Gasteiger partial charge in [0.1, 0.15) is 0 Å². The second kappa shape index (κ2) is 7.31. The van der Waals surface area contributed by atoms with Crippen molar-refractivity contribution in [2.45, 2.75) is 68.6 Å². The van der Waals surface area contributed by atoms with Gasteiger partial charge in [-0.25, -0.2) is 13.6 Å². The summed E-state index contributed by atoms with van der Waals surface area (Å²) < 4.78 is 34.4. The van der Waals surface area contributed by atoms with Gasteiger partial charge < -0.3 is 14.3 Å². The van der Waals surface area contributed by atoms with Crippen molar-refractivity contribution in [1.82, 2.24) is 0 Å². The van der Waals surface area contributed by atoms with Crippen LogP contribution in [0.15, 0.2) is 30.3 Å². The van der Waals surface area contributed by atoms with E-state index in [1.807, 2.05) is 0 Å². The number of hydrogen-bond donors (Lipinski definition) is 1. The van der Waals surface area contributed by atoms with E-state index in [9.17, 15) is 18.7 Å². The van der Waals surface area contributed by atoms with Gasteiger partial charge in [-0.2, -0.15) is 0 Å². The highest BCUT2D eigenvalue weighted by atomic mass is 19.3. The normalized spacial score (nSPS) is 34.5. The molecule has 1 saturated carbocycles. The minimum atomic E-state index is -2.85. The molecule has 29 heavy (non-hydrogen) atoms. The number of rotatable bonds is 5. The molecule has 2 aliphatic heterocycles. The van der Waals surface area contributed by atoms with Gasteiger partial charge in [-0.1, -0.05) is 30.3 Å². The molecule has 3 fully saturated rings. The second-order valence-corrected chi connectivity index (χ2v) is 9.88. The first-order valence-corrected chi connectivity index (χ1v) is 10.8. The molecule has 0 amide bonds. The van der Waals surface area contributed by atoms with Gasteiger partial charge in [0.15, 0.2) is 5.60 Å². The fourth-order valence-electron chi connectivity index (χ4n) is 5.95. The van der Waals surface area contributed by atoms with Crippen molar-refractivity contribution in [2.24, 2.45) is 11.8 Å². The van der Waals surface area contributed by atoms with Crippen LogP contribution < -0.4 is 0 Å². The summed E-state index contributed by atoms with van der Waals surface area (Å²) >= 11 is 0. The van der Waals surface area contributed by atoms with Crippen LogP contribution in [0.2, 0.25) is 0 Å². The third-order valence-electron chi connectivity index (χ3n) is 7.90. The fraction of sp³-hybridized carbons (Fsp3) is 0.696. The van der Waals surface area contributed by atoms with E-state index < -0.39 is 29.8 Å². The van der Waals surface area contributed by atoms with Gasteiger partial charge in [0.05, 0.1) is 32.8 Å². The van der Waals surface area contributed by atoms with Crippen molar-refractivity contribution < 1.29 is 27.9 Å². The number of halogens is 2. The molecular formula is C23H32F2NO3+. The molecule has 2 unspecified atom stereocenters. The van der Waals surface area contributed by atoms with Gasteiger partial charge in [0.2, 0.25) is 5.92 Å². The molecule has 1 N–H and O–H groups in total. The van der Waals surface area contributed by atoms with Crippen molar-refractivity contribution in [3.8, 4) is 0 Å². The summed E-state index contributed by atoms with van der Waals surface area (Å²) in [6, 6.07) is 9.60. The van der Waals surface area contributed by atoms with Gasteiger partial charge in [-0.15, -0.1) is 0 Å². The third-order valence-corrected chi connectivity index (χ3v) is 7.90. The lowest BCUT2D eigenvalue weighted by Gasteiger charge is -2.44. The Balaban J connectivity index is 1.48. The summed E-state index contributed by atoms with van der Waals surface area (Å²) in [7, 11) is 4.55. The van der Waals surface area contributed by atoms with Crippen molar-refractivity contribution in [2.75, 3.05) is 20.7 Å². The summed E-state index contributed by atoms with van der Waals surface area (Å²) in [5.41, 5.74) is -1.68. The van der Waals surface area contributed by atoms with Gasteiger partial charge >= 0.3 is 5.97 Å². The van der Waals surface area contributed by atoms with Crippen molar-refractivity contribution in [1.29, 1.82) is 0 Å². The lowest BCUT2D eigenvalue weighted by atomic mass is 9.80. The van der Waals surface area contributed by atoms with Crippen LogP contribution in [0.4, 0.5) is 8.78 Å². The smallest absolute Gasteiger partial charge is 0.343 e. The van der Waals surface area contributed by atoms with E-state index in [1.165, 1.54) is 12.8 Å². The number of fused-ring (bicyclic) bond motifs is 2. The maximum Gasteiger partial charge on any atom is 0.343 e. The number of aliphatic hydroxyl groups is 1. The predicted octanol–water partition coefficient (Wildman–Crippen LogP) is 3.87. The highest BCUT2D eigenvalue weighted by Gasteiger charge is 2.55. The zero-order valence-corrected chi connectivity index (χ0v) is 17.3. The Labute approximate surface area is 171 Å². The Morgan fingerprint density at radius 3 is 2.34 bits per heavy atom. The summed E-state index contributed by atoms with van der Waals surface area (Å²) in [6.45, 7) is 0.254. The zero-order chi connectivity index (χ0) is 20.9. The average molecular weight is 409 g/mol.